The summed E-state index contributed by atoms with van der Waals surface area (Å²) in [6.45, 7) is 4.70. The predicted molar refractivity (Wildman–Crippen MR) is 157 cm³/mol. The van der Waals surface area contributed by atoms with Gasteiger partial charge in [0.05, 0.1) is 12.2 Å². The number of carbonyl (C=O) groups is 1. The van der Waals surface area contributed by atoms with Crippen LogP contribution in [0, 0.1) is 0 Å². The number of benzene rings is 3. The van der Waals surface area contributed by atoms with Crippen LogP contribution in [0.25, 0.3) is 0 Å². The van der Waals surface area contributed by atoms with Crippen molar-refractivity contribution in [3.8, 4) is 5.75 Å². The van der Waals surface area contributed by atoms with Crippen LogP contribution in [-0.2, 0) is 10.5 Å². The molecule has 0 bridgehead atoms. The average molecular weight is 560 g/mol. The fourth-order valence-corrected chi connectivity index (χ4v) is 5.47. The molecule has 1 atom stereocenters. The smallest absolute Gasteiger partial charge is 0.255 e. The molecule has 0 aliphatic carbocycles. The Kier molecular flexibility index (Phi) is 8.54. The van der Waals surface area contributed by atoms with Crippen molar-refractivity contribution in [3.63, 3.8) is 0 Å². The average Bonchev–Trinajstić information content (AvgIpc) is 3.35. The van der Waals surface area contributed by atoms with Crippen molar-refractivity contribution in [2.24, 2.45) is 0 Å². The molecule has 0 radical (unpaired) electrons. The normalized spacial score (nSPS) is 14.5. The van der Waals surface area contributed by atoms with Crippen LogP contribution in [0.3, 0.4) is 0 Å². The Labute approximate surface area is 237 Å². The summed E-state index contributed by atoms with van der Waals surface area (Å²) < 4.78 is 7.65. The van der Waals surface area contributed by atoms with Gasteiger partial charge in [-0.25, -0.2) is 4.68 Å². The molecule has 0 saturated heterocycles. The minimum atomic E-state index is -0.475. The first-order chi connectivity index (χ1) is 19.0. The molecule has 0 fully saturated rings. The lowest BCUT2D eigenvalue weighted by atomic mass is 9.95. The molecule has 0 saturated carbocycles. The Morgan fingerprint density at radius 3 is 2.56 bits per heavy atom. The molecule has 7 nitrogen and oxygen atoms in total. The van der Waals surface area contributed by atoms with Crippen molar-refractivity contribution in [2.45, 2.75) is 43.6 Å². The molecule has 3 aromatic carbocycles. The van der Waals surface area contributed by atoms with Crippen molar-refractivity contribution < 1.29 is 9.53 Å². The molecule has 1 amide bonds. The maximum atomic E-state index is 13.7. The maximum absolute atomic E-state index is 13.7. The second-order valence-electron chi connectivity index (χ2n) is 9.20. The molecule has 200 valence electrons. The SMILES string of the molecule is CCCCOc1ccc(C2C(C(=O)Nc3ccccc3)=C(C)Nc3nc(SCc4ccccc4Cl)nn32)cc1. The molecular weight excluding hydrogens is 530 g/mol. The van der Waals surface area contributed by atoms with E-state index in [2.05, 4.69) is 17.6 Å². The zero-order valence-corrected chi connectivity index (χ0v) is 23.4. The summed E-state index contributed by atoms with van der Waals surface area (Å²) in [7, 11) is 0. The van der Waals surface area contributed by atoms with Crippen molar-refractivity contribution in [2.75, 3.05) is 17.2 Å². The Hall–Kier alpha value is -3.75. The number of thioether (sulfide) groups is 1. The summed E-state index contributed by atoms with van der Waals surface area (Å²) in [4.78, 5) is 18.4. The third-order valence-corrected chi connectivity index (χ3v) is 7.64. The number of aromatic nitrogens is 3. The maximum Gasteiger partial charge on any atom is 0.255 e. The second kappa shape index (κ2) is 12.4. The van der Waals surface area contributed by atoms with Gasteiger partial charge in [0.2, 0.25) is 11.1 Å². The Morgan fingerprint density at radius 2 is 1.82 bits per heavy atom. The molecule has 1 aromatic heterocycles. The molecule has 4 aromatic rings. The lowest BCUT2D eigenvalue weighted by Crippen LogP contribution is -2.31. The minimum absolute atomic E-state index is 0.203. The van der Waals surface area contributed by atoms with Crippen LogP contribution < -0.4 is 15.4 Å². The standard InChI is InChI=1S/C30H30ClN5O2S/c1-3-4-18-38-24-16-14-21(15-17-24)27-26(28(37)33-23-11-6-5-7-12-23)20(2)32-29-34-30(35-36(27)29)39-19-22-10-8-9-13-25(22)31/h5-17,27H,3-4,18-19H2,1-2H3,(H,33,37)(H,32,34,35). The van der Waals surface area contributed by atoms with Crippen LogP contribution in [-0.4, -0.2) is 27.3 Å². The van der Waals surface area contributed by atoms with Crippen molar-refractivity contribution in [1.82, 2.24) is 14.8 Å². The van der Waals surface area contributed by atoms with Crippen LogP contribution in [0.2, 0.25) is 5.02 Å². The van der Waals surface area contributed by atoms with E-state index in [1.165, 1.54) is 11.8 Å². The van der Waals surface area contributed by atoms with Gasteiger partial charge < -0.3 is 15.4 Å². The van der Waals surface area contributed by atoms with Gasteiger partial charge in [0.15, 0.2) is 0 Å². The van der Waals surface area contributed by atoms with Crippen molar-refractivity contribution in [3.05, 3.63) is 106 Å². The number of para-hydroxylation sites is 1. The monoisotopic (exact) mass is 559 g/mol. The topological polar surface area (TPSA) is 81.1 Å². The van der Waals surface area contributed by atoms with Gasteiger partial charge in [-0.2, -0.15) is 4.98 Å². The van der Waals surface area contributed by atoms with E-state index in [4.69, 9.17) is 26.4 Å². The highest BCUT2D eigenvalue weighted by Gasteiger charge is 2.34. The fraction of sp³-hybridized carbons (Fsp3) is 0.233. The second-order valence-corrected chi connectivity index (χ2v) is 10.5. The van der Waals surface area contributed by atoms with Crippen molar-refractivity contribution >= 4 is 40.9 Å². The molecule has 1 unspecified atom stereocenters. The van der Waals surface area contributed by atoms with Gasteiger partial charge in [0.25, 0.3) is 5.91 Å². The zero-order chi connectivity index (χ0) is 27.2. The number of amides is 1. The third kappa shape index (κ3) is 6.29. The summed E-state index contributed by atoms with van der Waals surface area (Å²) in [6.07, 6.45) is 2.07. The van der Waals surface area contributed by atoms with E-state index >= 15 is 0 Å². The molecule has 0 spiro atoms. The van der Waals surface area contributed by atoms with Crippen LogP contribution in [0.15, 0.2) is 95.3 Å². The summed E-state index contributed by atoms with van der Waals surface area (Å²) >= 11 is 7.85. The number of hydrogen-bond acceptors (Lipinski definition) is 6. The first-order valence-electron chi connectivity index (χ1n) is 12.9. The number of rotatable bonds is 10. The van der Waals surface area contributed by atoms with Gasteiger partial charge in [-0.1, -0.05) is 85.2 Å². The highest BCUT2D eigenvalue weighted by Crippen LogP contribution is 2.38. The molecule has 5 rings (SSSR count). The van der Waals surface area contributed by atoms with Crippen LogP contribution >= 0.6 is 23.4 Å². The van der Waals surface area contributed by atoms with Crippen molar-refractivity contribution in [1.29, 1.82) is 0 Å². The lowest BCUT2D eigenvalue weighted by Gasteiger charge is -2.28. The van der Waals surface area contributed by atoms with Crippen LogP contribution in [0.1, 0.15) is 43.9 Å². The van der Waals surface area contributed by atoms with E-state index in [-0.39, 0.29) is 5.91 Å². The Bertz CT molecular complexity index is 1470. The van der Waals surface area contributed by atoms with Gasteiger partial charge in [0, 0.05) is 22.2 Å². The number of fused-ring (bicyclic) bond motifs is 1. The van der Waals surface area contributed by atoms with Gasteiger partial charge >= 0.3 is 0 Å². The summed E-state index contributed by atoms with van der Waals surface area (Å²) in [5.41, 5.74) is 3.93. The number of allylic oxidation sites excluding steroid dienone is 1. The quantitative estimate of drug-likeness (QED) is 0.156. The number of carbonyl (C=O) groups excluding carboxylic acids is 1. The highest BCUT2D eigenvalue weighted by atomic mass is 35.5. The molecule has 2 N–H and O–H groups in total. The van der Waals surface area contributed by atoms with Crippen LogP contribution in [0.5, 0.6) is 5.75 Å². The van der Waals surface area contributed by atoms with Gasteiger partial charge in [-0.05, 0) is 54.8 Å². The molecule has 2 heterocycles. The van der Waals surface area contributed by atoms with E-state index in [1.807, 2.05) is 85.8 Å². The van der Waals surface area contributed by atoms with Gasteiger partial charge in [-0.3, -0.25) is 4.79 Å². The third-order valence-electron chi connectivity index (χ3n) is 6.39. The fourth-order valence-electron chi connectivity index (χ4n) is 4.35. The number of hydrogen-bond donors (Lipinski definition) is 2. The first kappa shape index (κ1) is 26.8. The molecule has 1 aliphatic heterocycles. The van der Waals surface area contributed by atoms with E-state index in [0.717, 1.165) is 41.1 Å². The number of nitrogens with one attached hydrogen (secondary N) is 2. The summed E-state index contributed by atoms with van der Waals surface area (Å²) in [6, 6.07) is 24.6. The number of anilines is 2. The van der Waals surface area contributed by atoms with E-state index in [1.54, 1.807) is 4.68 Å². The Morgan fingerprint density at radius 1 is 1.08 bits per heavy atom. The molecule has 9 heteroatoms. The first-order valence-corrected chi connectivity index (χ1v) is 14.3. The lowest BCUT2D eigenvalue weighted by molar-refractivity contribution is -0.113. The Balaban J connectivity index is 1.46. The van der Waals surface area contributed by atoms with Gasteiger partial charge in [-0.15, -0.1) is 5.10 Å². The molecule has 39 heavy (non-hydrogen) atoms. The molecule has 1 aliphatic rings. The number of halogens is 1. The van der Waals surface area contributed by atoms with Crippen LogP contribution in [0.4, 0.5) is 11.6 Å². The van der Waals surface area contributed by atoms with E-state index < -0.39 is 6.04 Å². The zero-order valence-electron chi connectivity index (χ0n) is 21.9. The highest BCUT2D eigenvalue weighted by molar-refractivity contribution is 7.98. The largest absolute Gasteiger partial charge is 0.494 e. The van der Waals surface area contributed by atoms with E-state index in [0.29, 0.717) is 34.1 Å². The van der Waals surface area contributed by atoms with Gasteiger partial charge in [0.1, 0.15) is 11.8 Å². The number of unbranched alkanes of at least 4 members (excludes halogenated alkanes) is 1. The number of nitrogens with zero attached hydrogens (tertiary/aromatic N) is 3. The minimum Gasteiger partial charge on any atom is -0.494 e. The summed E-state index contributed by atoms with van der Waals surface area (Å²) in [5, 5.41) is 12.5. The number of ether oxygens (including phenoxy) is 1. The predicted octanol–water partition coefficient (Wildman–Crippen LogP) is 7.33. The van der Waals surface area contributed by atoms with E-state index in [9.17, 15) is 4.79 Å². The summed E-state index contributed by atoms with van der Waals surface area (Å²) in [5.74, 6) is 1.81. The molecular formula is C30H30ClN5O2S.